The number of rotatable bonds is 15. The molecule has 1 saturated carbocycles. The first-order valence-electron chi connectivity index (χ1n) is 14.6. The number of methoxy groups -OCH3 is 1. The molecule has 1 aliphatic rings. The van der Waals surface area contributed by atoms with Gasteiger partial charge in [-0.25, -0.2) is 4.79 Å². The van der Waals surface area contributed by atoms with Gasteiger partial charge in [-0.2, -0.15) is 0 Å². The van der Waals surface area contributed by atoms with Crippen LogP contribution in [0.4, 0.5) is 0 Å². The molecule has 0 saturated heterocycles. The van der Waals surface area contributed by atoms with E-state index < -0.39 is 66.9 Å². The van der Waals surface area contributed by atoms with E-state index in [9.17, 15) is 55.5 Å². The number of carboxylic acid groups (broad SMARTS) is 2. The van der Waals surface area contributed by atoms with E-state index in [-0.39, 0.29) is 41.3 Å². The SMILES string of the molecule is CO[C@H](C(=O)O)[C@@H](O)[C@H](O)[C@@H](O)Oc1cc(C[C@@H](C)[C@@H](C)Cc2ccc(O[C@@H]3C[C@H](C(=O)O)[C@@H](O)[C@H](O)[C@H]3O)c(O)c2)ccc1O. The minimum Gasteiger partial charge on any atom is -0.504 e. The minimum absolute atomic E-state index is 0.0293. The van der Waals surface area contributed by atoms with Crippen molar-refractivity contribution in [2.45, 2.75) is 82.1 Å². The third kappa shape index (κ3) is 8.76. The number of phenols is 2. The highest BCUT2D eigenvalue weighted by Gasteiger charge is 2.47. The molecule has 0 bridgehead atoms. The fourth-order valence-corrected chi connectivity index (χ4v) is 5.37. The van der Waals surface area contributed by atoms with E-state index in [4.69, 9.17) is 14.6 Å². The van der Waals surface area contributed by atoms with Crippen LogP contribution < -0.4 is 9.47 Å². The number of phenolic OH excluding ortho intramolecular Hbond substituents is 2. The van der Waals surface area contributed by atoms with E-state index in [1.165, 1.54) is 24.3 Å². The standard InChI is InChI=1S/C31H42O15/c1-13(8-15-5-7-20(19(33)10-15)45-22-12-17(29(39)40)23(34)25(36)24(22)35)14(2)9-16-4-6-18(32)21(11-16)46-31(43)27(38)26(37)28(44-3)30(41)42/h4-7,10-11,13-14,17,22-28,31-38,43H,8-9,12H2,1-3H3,(H,39,40)(H,41,42)/t13-,14+,17-,22+,23+,24-,25-,26-,27-,28-,31-/m0/s1. The van der Waals surface area contributed by atoms with Crippen LogP contribution in [0.1, 0.15) is 31.4 Å². The number of carbonyl (C=O) groups is 2. The highest BCUT2D eigenvalue weighted by Crippen LogP contribution is 2.35. The molecule has 0 radical (unpaired) electrons. The van der Waals surface area contributed by atoms with E-state index in [0.29, 0.717) is 18.4 Å². The molecule has 3 rings (SSSR count). The summed E-state index contributed by atoms with van der Waals surface area (Å²) >= 11 is 0. The van der Waals surface area contributed by atoms with Gasteiger partial charge in [0.15, 0.2) is 29.1 Å². The summed E-state index contributed by atoms with van der Waals surface area (Å²) in [4.78, 5) is 22.6. The second kappa shape index (κ2) is 15.7. The largest absolute Gasteiger partial charge is 0.504 e. The Morgan fingerprint density at radius 2 is 1.39 bits per heavy atom. The van der Waals surface area contributed by atoms with Crippen LogP contribution in [0.5, 0.6) is 23.0 Å². The predicted molar refractivity (Wildman–Crippen MR) is 157 cm³/mol. The molecule has 0 aromatic heterocycles. The molecule has 2 aromatic carbocycles. The summed E-state index contributed by atoms with van der Waals surface area (Å²) < 4.78 is 15.5. The number of aromatic hydroxyl groups is 2. The molecule has 10 N–H and O–H groups in total. The van der Waals surface area contributed by atoms with Gasteiger partial charge < -0.3 is 65.3 Å². The van der Waals surface area contributed by atoms with Crippen LogP contribution in [0.15, 0.2) is 36.4 Å². The first-order chi connectivity index (χ1) is 21.5. The Kier molecular flexibility index (Phi) is 12.6. The topological polar surface area (TPSA) is 264 Å². The normalized spacial score (nSPS) is 25.5. The molecule has 2 aromatic rings. The van der Waals surface area contributed by atoms with E-state index in [1.807, 2.05) is 13.8 Å². The predicted octanol–water partition coefficient (Wildman–Crippen LogP) is -0.392. The van der Waals surface area contributed by atoms with Crippen molar-refractivity contribution in [2.24, 2.45) is 17.8 Å². The molecule has 15 nitrogen and oxygen atoms in total. The lowest BCUT2D eigenvalue weighted by Crippen LogP contribution is -2.57. The zero-order valence-corrected chi connectivity index (χ0v) is 25.4. The highest BCUT2D eigenvalue weighted by molar-refractivity contribution is 5.73. The molecule has 46 heavy (non-hydrogen) atoms. The zero-order chi connectivity index (χ0) is 34.5. The van der Waals surface area contributed by atoms with Crippen molar-refractivity contribution in [2.75, 3.05) is 7.11 Å². The second-order valence-electron chi connectivity index (χ2n) is 11.8. The minimum atomic E-state index is -2.10. The van der Waals surface area contributed by atoms with Crippen LogP contribution in [0.25, 0.3) is 0 Å². The van der Waals surface area contributed by atoms with E-state index in [1.54, 1.807) is 12.1 Å². The Morgan fingerprint density at radius 1 is 0.804 bits per heavy atom. The fraction of sp³-hybridized carbons (Fsp3) is 0.548. The van der Waals surface area contributed by atoms with E-state index in [0.717, 1.165) is 12.7 Å². The summed E-state index contributed by atoms with van der Waals surface area (Å²) in [5.74, 6) is -5.06. The summed E-state index contributed by atoms with van der Waals surface area (Å²) in [7, 11) is 1.01. The number of aliphatic hydroxyl groups is 6. The molecule has 11 atom stereocenters. The van der Waals surface area contributed by atoms with Crippen molar-refractivity contribution < 1.29 is 74.9 Å². The Bertz CT molecular complexity index is 1340. The zero-order valence-electron chi connectivity index (χ0n) is 25.4. The summed E-state index contributed by atoms with van der Waals surface area (Å²) in [6.45, 7) is 3.96. The molecule has 0 unspecified atom stereocenters. The van der Waals surface area contributed by atoms with Gasteiger partial charge in [0.1, 0.15) is 30.5 Å². The van der Waals surface area contributed by atoms with Crippen molar-refractivity contribution in [1.82, 2.24) is 0 Å². The molecule has 0 amide bonds. The van der Waals surface area contributed by atoms with Gasteiger partial charge in [-0.05, 0) is 60.1 Å². The van der Waals surface area contributed by atoms with Crippen molar-refractivity contribution in [3.05, 3.63) is 47.5 Å². The monoisotopic (exact) mass is 654 g/mol. The van der Waals surface area contributed by atoms with Gasteiger partial charge in [0.05, 0.1) is 12.0 Å². The number of carboxylic acids is 2. The first kappa shape index (κ1) is 36.8. The maximum atomic E-state index is 11.4. The highest BCUT2D eigenvalue weighted by atomic mass is 16.6. The molecule has 15 heteroatoms. The smallest absolute Gasteiger partial charge is 0.335 e. The van der Waals surface area contributed by atoms with E-state index >= 15 is 0 Å². The van der Waals surface area contributed by atoms with Crippen LogP contribution in [0.3, 0.4) is 0 Å². The molecular formula is C31H42O15. The summed E-state index contributed by atoms with van der Waals surface area (Å²) in [5, 5.41) is 100.0. The van der Waals surface area contributed by atoms with Crippen LogP contribution in [0.2, 0.25) is 0 Å². The van der Waals surface area contributed by atoms with Gasteiger partial charge in [-0.1, -0.05) is 26.0 Å². The van der Waals surface area contributed by atoms with Crippen LogP contribution in [0, 0.1) is 17.8 Å². The average molecular weight is 655 g/mol. The van der Waals surface area contributed by atoms with Gasteiger partial charge in [-0.3, -0.25) is 4.79 Å². The summed E-state index contributed by atoms with van der Waals surface area (Å²) in [6.07, 6.45) is -13.5. The maximum Gasteiger partial charge on any atom is 0.335 e. The molecule has 0 spiro atoms. The van der Waals surface area contributed by atoms with Crippen molar-refractivity contribution in [3.63, 3.8) is 0 Å². The molecular weight excluding hydrogens is 612 g/mol. The summed E-state index contributed by atoms with van der Waals surface area (Å²) in [6, 6.07) is 9.03. The lowest BCUT2D eigenvalue weighted by molar-refractivity contribution is -0.184. The average Bonchev–Trinajstić information content (AvgIpc) is 2.99. The quantitative estimate of drug-likeness (QED) is 0.110. The number of aliphatic hydroxyl groups excluding tert-OH is 6. The Hall–Kier alpha value is -3.70. The van der Waals surface area contributed by atoms with Crippen LogP contribution >= 0.6 is 0 Å². The Morgan fingerprint density at radius 3 is 1.93 bits per heavy atom. The second-order valence-corrected chi connectivity index (χ2v) is 11.8. The molecule has 1 fully saturated rings. The van der Waals surface area contributed by atoms with Gasteiger partial charge in [-0.15, -0.1) is 0 Å². The Labute approximate surface area is 264 Å². The van der Waals surface area contributed by atoms with E-state index in [2.05, 4.69) is 4.74 Å². The first-order valence-corrected chi connectivity index (χ1v) is 14.6. The molecule has 1 aliphatic carbocycles. The van der Waals surface area contributed by atoms with Gasteiger partial charge >= 0.3 is 11.9 Å². The van der Waals surface area contributed by atoms with Crippen LogP contribution in [-0.2, 0) is 27.2 Å². The summed E-state index contributed by atoms with van der Waals surface area (Å²) in [5.41, 5.74) is 1.44. The Balaban J connectivity index is 1.62. The third-order valence-electron chi connectivity index (χ3n) is 8.41. The van der Waals surface area contributed by atoms with Crippen molar-refractivity contribution in [3.8, 4) is 23.0 Å². The number of aliphatic carboxylic acids is 2. The van der Waals surface area contributed by atoms with Crippen molar-refractivity contribution >= 4 is 11.9 Å². The van der Waals surface area contributed by atoms with Gasteiger partial charge in [0, 0.05) is 13.5 Å². The number of hydrogen-bond donors (Lipinski definition) is 10. The van der Waals surface area contributed by atoms with Crippen LogP contribution in [-0.4, -0.2) is 119 Å². The van der Waals surface area contributed by atoms with Gasteiger partial charge in [0.2, 0.25) is 6.29 Å². The molecule has 0 aliphatic heterocycles. The lowest BCUT2D eigenvalue weighted by Gasteiger charge is -2.38. The third-order valence-corrected chi connectivity index (χ3v) is 8.41. The van der Waals surface area contributed by atoms with Gasteiger partial charge in [0.25, 0.3) is 0 Å². The van der Waals surface area contributed by atoms with Crippen molar-refractivity contribution in [1.29, 1.82) is 0 Å². The maximum absolute atomic E-state index is 11.4. The fourth-order valence-electron chi connectivity index (χ4n) is 5.37. The number of ether oxygens (including phenoxy) is 3. The lowest BCUT2D eigenvalue weighted by atomic mass is 9.80. The number of benzene rings is 2. The molecule has 256 valence electrons. The molecule has 0 heterocycles. The number of hydrogen-bond acceptors (Lipinski definition) is 13.